The van der Waals surface area contributed by atoms with E-state index in [1.54, 1.807) is 7.11 Å². The van der Waals surface area contributed by atoms with E-state index in [9.17, 15) is 0 Å². The highest BCUT2D eigenvalue weighted by molar-refractivity contribution is 4.86. The van der Waals surface area contributed by atoms with Gasteiger partial charge >= 0.3 is 0 Å². The molecule has 1 rings (SSSR count). The third-order valence-corrected chi connectivity index (χ3v) is 3.58. The molecule has 0 aromatic rings. The van der Waals surface area contributed by atoms with Crippen molar-refractivity contribution in [3.63, 3.8) is 0 Å². The van der Waals surface area contributed by atoms with Gasteiger partial charge in [0.15, 0.2) is 0 Å². The number of hydrogen-bond acceptors (Lipinski definition) is 3. The molecule has 3 unspecified atom stereocenters. The molecule has 0 aromatic heterocycles. The Kier molecular flexibility index (Phi) is 6.32. The number of hydrogen-bond donors (Lipinski definition) is 1. The van der Waals surface area contributed by atoms with Crippen LogP contribution < -0.4 is 5.32 Å². The summed E-state index contributed by atoms with van der Waals surface area (Å²) in [6.07, 6.45) is 3.72. The fourth-order valence-electron chi connectivity index (χ4n) is 2.58. The molecule has 0 aromatic carbocycles. The van der Waals surface area contributed by atoms with Gasteiger partial charge in [-0.1, -0.05) is 13.3 Å². The van der Waals surface area contributed by atoms with Gasteiger partial charge in [-0.15, -0.1) is 0 Å². The quantitative estimate of drug-likeness (QED) is 0.751. The Bertz CT molecular complexity index is 187. The molecule has 1 saturated heterocycles. The maximum Gasteiger partial charge on any atom is 0.0477 e. The summed E-state index contributed by atoms with van der Waals surface area (Å²) in [5.41, 5.74) is 0. The first-order valence-electron chi connectivity index (χ1n) is 6.67. The van der Waals surface area contributed by atoms with Crippen LogP contribution in [-0.2, 0) is 4.74 Å². The molecule has 3 nitrogen and oxygen atoms in total. The van der Waals surface area contributed by atoms with Crippen LogP contribution in [0.15, 0.2) is 0 Å². The van der Waals surface area contributed by atoms with Gasteiger partial charge in [0, 0.05) is 44.9 Å². The van der Waals surface area contributed by atoms with E-state index in [-0.39, 0.29) is 0 Å². The minimum atomic E-state index is 0.623. The van der Waals surface area contributed by atoms with Crippen LogP contribution in [0.4, 0.5) is 0 Å². The van der Waals surface area contributed by atoms with Gasteiger partial charge in [-0.05, 0) is 26.7 Å². The lowest BCUT2D eigenvalue weighted by Crippen LogP contribution is -2.58. The number of nitrogens with one attached hydrogen (secondary N) is 1. The first kappa shape index (κ1) is 13.9. The van der Waals surface area contributed by atoms with Crippen LogP contribution in [0.25, 0.3) is 0 Å². The third kappa shape index (κ3) is 4.04. The molecule has 0 saturated carbocycles. The second-order valence-corrected chi connectivity index (χ2v) is 5.08. The van der Waals surface area contributed by atoms with Crippen molar-refractivity contribution in [3.05, 3.63) is 0 Å². The summed E-state index contributed by atoms with van der Waals surface area (Å²) in [6, 6.07) is 1.98. The van der Waals surface area contributed by atoms with Crippen molar-refractivity contribution in [1.29, 1.82) is 0 Å². The van der Waals surface area contributed by atoms with Crippen LogP contribution in [-0.4, -0.2) is 49.8 Å². The van der Waals surface area contributed by atoms with Crippen LogP contribution in [0.1, 0.15) is 40.0 Å². The molecule has 0 spiro atoms. The van der Waals surface area contributed by atoms with Crippen LogP contribution >= 0.6 is 0 Å². The lowest BCUT2D eigenvalue weighted by atomic mass is 10.0. The molecule has 1 aliphatic rings. The number of nitrogens with zero attached hydrogens (tertiary/aromatic N) is 1. The van der Waals surface area contributed by atoms with E-state index in [0.29, 0.717) is 18.1 Å². The lowest BCUT2D eigenvalue weighted by molar-refractivity contribution is 0.0667. The molecule has 0 amide bonds. The first-order chi connectivity index (χ1) is 7.69. The van der Waals surface area contributed by atoms with Gasteiger partial charge in [0.1, 0.15) is 0 Å². The van der Waals surface area contributed by atoms with Gasteiger partial charge < -0.3 is 10.1 Å². The highest BCUT2D eigenvalue weighted by Gasteiger charge is 2.28. The zero-order valence-corrected chi connectivity index (χ0v) is 11.3. The monoisotopic (exact) mass is 228 g/mol. The van der Waals surface area contributed by atoms with Crippen molar-refractivity contribution in [1.82, 2.24) is 10.2 Å². The molecule has 0 aliphatic carbocycles. The molecular weight excluding hydrogens is 200 g/mol. The summed E-state index contributed by atoms with van der Waals surface area (Å²) in [6.45, 7) is 10.1. The standard InChI is InChI=1S/C13H28N2O/c1-5-6-13-9-14-11(2)10-15(13)12(3)7-8-16-4/h11-14H,5-10H2,1-4H3. The number of methoxy groups -OCH3 is 1. The molecule has 1 aliphatic heterocycles. The second kappa shape index (κ2) is 7.25. The van der Waals surface area contributed by atoms with Crippen molar-refractivity contribution < 1.29 is 4.74 Å². The Balaban J connectivity index is 2.48. The zero-order valence-electron chi connectivity index (χ0n) is 11.3. The fourth-order valence-corrected chi connectivity index (χ4v) is 2.58. The van der Waals surface area contributed by atoms with Crippen molar-refractivity contribution in [2.24, 2.45) is 0 Å². The fraction of sp³-hybridized carbons (Fsp3) is 1.00. The molecule has 1 fully saturated rings. The molecule has 1 N–H and O–H groups in total. The maximum atomic E-state index is 5.18. The lowest BCUT2D eigenvalue weighted by Gasteiger charge is -2.43. The van der Waals surface area contributed by atoms with Crippen LogP contribution in [0.2, 0.25) is 0 Å². The molecule has 3 atom stereocenters. The Hall–Kier alpha value is -0.120. The van der Waals surface area contributed by atoms with E-state index >= 15 is 0 Å². The summed E-state index contributed by atoms with van der Waals surface area (Å²) in [5.74, 6) is 0. The van der Waals surface area contributed by atoms with Gasteiger partial charge in [-0.25, -0.2) is 0 Å². The number of rotatable bonds is 6. The maximum absolute atomic E-state index is 5.18. The molecule has 0 bridgehead atoms. The van der Waals surface area contributed by atoms with Crippen molar-refractivity contribution in [3.8, 4) is 0 Å². The summed E-state index contributed by atoms with van der Waals surface area (Å²) in [4.78, 5) is 2.67. The van der Waals surface area contributed by atoms with Crippen LogP contribution in [0.5, 0.6) is 0 Å². The molecule has 1 heterocycles. The normalized spacial score (nSPS) is 29.2. The Labute approximate surface area is 101 Å². The van der Waals surface area contributed by atoms with Gasteiger partial charge in [-0.3, -0.25) is 4.90 Å². The summed E-state index contributed by atoms with van der Waals surface area (Å²) >= 11 is 0. The predicted octanol–water partition coefficient (Wildman–Crippen LogP) is 1.87. The summed E-state index contributed by atoms with van der Waals surface area (Å²) in [7, 11) is 1.79. The first-order valence-corrected chi connectivity index (χ1v) is 6.67. The Morgan fingerprint density at radius 2 is 2.25 bits per heavy atom. The highest BCUT2D eigenvalue weighted by atomic mass is 16.5. The van der Waals surface area contributed by atoms with E-state index < -0.39 is 0 Å². The zero-order chi connectivity index (χ0) is 12.0. The largest absolute Gasteiger partial charge is 0.385 e. The van der Waals surface area contributed by atoms with E-state index in [4.69, 9.17) is 4.74 Å². The van der Waals surface area contributed by atoms with Crippen LogP contribution in [0.3, 0.4) is 0 Å². The van der Waals surface area contributed by atoms with E-state index in [2.05, 4.69) is 31.0 Å². The predicted molar refractivity (Wildman–Crippen MR) is 68.8 cm³/mol. The Morgan fingerprint density at radius 3 is 2.88 bits per heavy atom. The molecule has 3 heteroatoms. The van der Waals surface area contributed by atoms with Gasteiger partial charge in [0.2, 0.25) is 0 Å². The number of piperazine rings is 1. The minimum Gasteiger partial charge on any atom is -0.385 e. The van der Waals surface area contributed by atoms with Crippen LogP contribution in [0, 0.1) is 0 Å². The number of ether oxygens (including phenoxy) is 1. The molecule has 16 heavy (non-hydrogen) atoms. The van der Waals surface area contributed by atoms with Crippen molar-refractivity contribution >= 4 is 0 Å². The van der Waals surface area contributed by atoms with Gasteiger partial charge in [0.05, 0.1) is 0 Å². The van der Waals surface area contributed by atoms with E-state index in [0.717, 1.165) is 19.6 Å². The van der Waals surface area contributed by atoms with Gasteiger partial charge in [-0.2, -0.15) is 0 Å². The third-order valence-electron chi connectivity index (χ3n) is 3.58. The van der Waals surface area contributed by atoms with E-state index in [1.165, 1.54) is 19.4 Å². The van der Waals surface area contributed by atoms with Crippen molar-refractivity contribution in [2.45, 2.75) is 58.2 Å². The average Bonchev–Trinajstić information content (AvgIpc) is 2.28. The highest BCUT2D eigenvalue weighted by Crippen LogP contribution is 2.17. The topological polar surface area (TPSA) is 24.5 Å². The van der Waals surface area contributed by atoms with Gasteiger partial charge in [0.25, 0.3) is 0 Å². The minimum absolute atomic E-state index is 0.623. The SMILES string of the molecule is CCCC1CNC(C)CN1C(C)CCOC. The van der Waals surface area contributed by atoms with Crippen molar-refractivity contribution in [2.75, 3.05) is 26.8 Å². The summed E-state index contributed by atoms with van der Waals surface area (Å²) < 4.78 is 5.18. The molecular formula is C13H28N2O. The Morgan fingerprint density at radius 1 is 1.50 bits per heavy atom. The second-order valence-electron chi connectivity index (χ2n) is 5.08. The molecule has 96 valence electrons. The average molecular weight is 228 g/mol. The summed E-state index contributed by atoms with van der Waals surface area (Å²) in [5, 5.41) is 3.58. The van der Waals surface area contributed by atoms with E-state index in [1.807, 2.05) is 0 Å². The molecule has 0 radical (unpaired) electrons. The smallest absolute Gasteiger partial charge is 0.0477 e.